The highest BCUT2D eigenvalue weighted by atomic mass is 16.6. The van der Waals surface area contributed by atoms with Gasteiger partial charge in [0.05, 0.1) is 7.11 Å². The fraction of sp³-hybridized carbons (Fsp3) is 0.591. The summed E-state index contributed by atoms with van der Waals surface area (Å²) in [7, 11) is 1.30. The molecule has 0 fully saturated rings. The highest BCUT2D eigenvalue weighted by Gasteiger charge is 2.29. The van der Waals surface area contributed by atoms with Crippen LogP contribution < -0.4 is 10.7 Å². The molecule has 1 aromatic carbocycles. The van der Waals surface area contributed by atoms with Crippen LogP contribution in [-0.4, -0.2) is 47.8 Å². The maximum absolute atomic E-state index is 13.0. The van der Waals surface area contributed by atoms with Gasteiger partial charge < -0.3 is 14.8 Å². The number of esters is 1. The van der Waals surface area contributed by atoms with Crippen molar-refractivity contribution in [2.24, 2.45) is 5.92 Å². The summed E-state index contributed by atoms with van der Waals surface area (Å²) in [4.78, 5) is 37.3. The number of rotatable bonds is 9. The normalized spacial score (nSPS) is 13.5. The Morgan fingerprint density at radius 3 is 2.17 bits per heavy atom. The van der Waals surface area contributed by atoms with E-state index in [0.717, 1.165) is 5.56 Å². The Hall–Kier alpha value is -2.61. The number of hydrogen-bond donors (Lipinski definition) is 2. The second-order valence-corrected chi connectivity index (χ2v) is 8.62. The van der Waals surface area contributed by atoms with Gasteiger partial charge in [-0.15, -0.1) is 0 Å². The number of hydrogen-bond acceptors (Lipinski definition) is 6. The van der Waals surface area contributed by atoms with Crippen LogP contribution in [0.3, 0.4) is 0 Å². The molecule has 8 heteroatoms. The molecule has 30 heavy (non-hydrogen) atoms. The van der Waals surface area contributed by atoms with Gasteiger partial charge in [-0.2, -0.15) is 0 Å². The maximum atomic E-state index is 13.0. The number of ether oxygens (including phenoxy) is 2. The number of carbonyl (C=O) groups excluding carboxylic acids is 3. The third-order valence-electron chi connectivity index (χ3n) is 4.17. The molecule has 0 bridgehead atoms. The quantitative estimate of drug-likeness (QED) is 0.470. The van der Waals surface area contributed by atoms with Crippen molar-refractivity contribution in [3.63, 3.8) is 0 Å². The van der Waals surface area contributed by atoms with E-state index in [1.165, 1.54) is 12.1 Å². The molecule has 0 aliphatic heterocycles. The van der Waals surface area contributed by atoms with Crippen molar-refractivity contribution >= 4 is 18.0 Å². The topological polar surface area (TPSA) is 97.0 Å². The van der Waals surface area contributed by atoms with Crippen molar-refractivity contribution in [2.45, 2.75) is 72.2 Å². The van der Waals surface area contributed by atoms with E-state index in [1.807, 2.05) is 44.2 Å². The van der Waals surface area contributed by atoms with Gasteiger partial charge in [-0.1, -0.05) is 44.2 Å². The highest BCUT2D eigenvalue weighted by molar-refractivity contribution is 5.85. The Labute approximate surface area is 179 Å². The zero-order valence-electron chi connectivity index (χ0n) is 19.0. The summed E-state index contributed by atoms with van der Waals surface area (Å²) in [6, 6.07) is 7.90. The molecule has 168 valence electrons. The average molecular weight is 422 g/mol. The molecule has 0 saturated carbocycles. The van der Waals surface area contributed by atoms with Crippen molar-refractivity contribution in [1.29, 1.82) is 0 Å². The summed E-state index contributed by atoms with van der Waals surface area (Å²) in [6.45, 7) is 11.1. The van der Waals surface area contributed by atoms with E-state index in [1.54, 1.807) is 27.7 Å². The van der Waals surface area contributed by atoms with Gasteiger partial charge in [0.15, 0.2) is 0 Å². The molecule has 1 aromatic rings. The van der Waals surface area contributed by atoms with Crippen LogP contribution in [0.25, 0.3) is 0 Å². The summed E-state index contributed by atoms with van der Waals surface area (Å²) in [5.74, 6) is -0.760. The van der Waals surface area contributed by atoms with Crippen molar-refractivity contribution in [3.05, 3.63) is 35.9 Å². The van der Waals surface area contributed by atoms with Crippen molar-refractivity contribution < 1.29 is 23.9 Å². The molecule has 1 rings (SSSR count). The first kappa shape index (κ1) is 25.4. The molecule has 0 aliphatic rings. The molecule has 2 N–H and O–H groups in total. The lowest BCUT2D eigenvalue weighted by atomic mass is 10.0. The first-order valence-corrected chi connectivity index (χ1v) is 10.1. The summed E-state index contributed by atoms with van der Waals surface area (Å²) in [5, 5.41) is 4.15. The Morgan fingerprint density at radius 1 is 1.07 bits per heavy atom. The van der Waals surface area contributed by atoms with E-state index in [4.69, 9.17) is 9.47 Å². The molecule has 0 aliphatic carbocycles. The summed E-state index contributed by atoms with van der Waals surface area (Å²) in [6.07, 6.45) is -0.254. The van der Waals surface area contributed by atoms with E-state index < -0.39 is 35.7 Å². The van der Waals surface area contributed by atoms with Crippen molar-refractivity contribution in [3.8, 4) is 0 Å². The lowest BCUT2D eigenvalue weighted by Gasteiger charge is -2.30. The van der Waals surface area contributed by atoms with Crippen LogP contribution in [-0.2, 0) is 25.6 Å². The van der Waals surface area contributed by atoms with Crippen molar-refractivity contribution in [2.75, 3.05) is 7.11 Å². The molecule has 0 unspecified atom stereocenters. The predicted molar refractivity (Wildman–Crippen MR) is 114 cm³/mol. The van der Waals surface area contributed by atoms with E-state index in [2.05, 4.69) is 10.7 Å². The van der Waals surface area contributed by atoms with Crippen molar-refractivity contribution in [1.82, 2.24) is 15.8 Å². The number of carbonyl (C=O) groups is 3. The van der Waals surface area contributed by atoms with Crippen LogP contribution in [0.4, 0.5) is 4.79 Å². The second kappa shape index (κ2) is 11.5. The number of methoxy groups -OCH3 is 1. The first-order chi connectivity index (χ1) is 13.9. The van der Waals surface area contributed by atoms with Crippen LogP contribution in [0.5, 0.6) is 0 Å². The zero-order valence-corrected chi connectivity index (χ0v) is 19.0. The lowest BCUT2D eigenvalue weighted by Crippen LogP contribution is -2.56. The van der Waals surface area contributed by atoms with Crippen LogP contribution in [0.1, 0.15) is 53.5 Å². The molecular weight excluding hydrogens is 386 g/mol. The molecule has 0 aromatic heterocycles. The number of nitrogens with zero attached hydrogens (tertiary/aromatic N) is 1. The molecular formula is C22H35N3O5. The Morgan fingerprint density at radius 2 is 1.67 bits per heavy atom. The van der Waals surface area contributed by atoms with E-state index in [9.17, 15) is 14.4 Å². The summed E-state index contributed by atoms with van der Waals surface area (Å²) in [5.41, 5.74) is 3.01. The molecule has 8 nitrogen and oxygen atoms in total. The molecule has 2 atom stereocenters. The van der Waals surface area contributed by atoms with Crippen LogP contribution in [0, 0.1) is 5.92 Å². The van der Waals surface area contributed by atoms with E-state index in [-0.39, 0.29) is 5.92 Å². The smallest absolute Gasteiger partial charge is 0.408 e. The minimum atomic E-state index is -0.817. The maximum Gasteiger partial charge on any atom is 0.408 e. The zero-order chi connectivity index (χ0) is 22.9. The van der Waals surface area contributed by atoms with Crippen LogP contribution >= 0.6 is 0 Å². The van der Waals surface area contributed by atoms with Gasteiger partial charge in [-0.05, 0) is 45.6 Å². The molecule has 0 radical (unpaired) electrons. The summed E-state index contributed by atoms with van der Waals surface area (Å²) >= 11 is 0. The number of hydrazine groups is 1. The fourth-order valence-electron chi connectivity index (χ4n) is 2.72. The van der Waals surface area contributed by atoms with Gasteiger partial charge in [-0.25, -0.2) is 9.80 Å². The minimum Gasteiger partial charge on any atom is -0.468 e. The third-order valence-corrected chi connectivity index (χ3v) is 4.17. The van der Waals surface area contributed by atoms with Gasteiger partial charge >= 0.3 is 12.1 Å². The third kappa shape index (κ3) is 9.26. The largest absolute Gasteiger partial charge is 0.468 e. The van der Waals surface area contributed by atoms with Gasteiger partial charge in [0.2, 0.25) is 0 Å². The lowest BCUT2D eigenvalue weighted by molar-refractivity contribution is -0.149. The number of nitrogens with one attached hydrogen (secondary N) is 2. The van der Waals surface area contributed by atoms with Gasteiger partial charge in [-0.3, -0.25) is 15.0 Å². The highest BCUT2D eigenvalue weighted by Crippen LogP contribution is 2.12. The second-order valence-electron chi connectivity index (χ2n) is 8.62. The van der Waals surface area contributed by atoms with Crippen LogP contribution in [0.15, 0.2) is 30.3 Å². The molecule has 0 saturated heterocycles. The first-order valence-electron chi connectivity index (χ1n) is 10.1. The minimum absolute atomic E-state index is 0.149. The average Bonchev–Trinajstić information content (AvgIpc) is 2.64. The Balaban J connectivity index is 2.99. The SMILES string of the molecule is COC(=O)[C@@H](C)N(Cc1ccccc1)NC(=O)[C@H](CC(C)C)NC(=O)OC(C)(C)C. The van der Waals surface area contributed by atoms with E-state index in [0.29, 0.717) is 13.0 Å². The molecule has 0 heterocycles. The standard InChI is InChI=1S/C22H35N3O5/c1-15(2)13-18(23-21(28)30-22(4,5)6)19(26)24-25(16(3)20(27)29-7)14-17-11-9-8-10-12-17/h8-12,15-16,18H,13-14H2,1-7H3,(H,23,28)(H,24,26)/t16-,18+/m1/s1. The summed E-state index contributed by atoms with van der Waals surface area (Å²) < 4.78 is 10.1. The van der Waals surface area contributed by atoms with Gasteiger partial charge in [0.25, 0.3) is 5.91 Å². The number of amides is 2. The number of benzene rings is 1. The monoisotopic (exact) mass is 421 g/mol. The Bertz CT molecular complexity index is 700. The predicted octanol–water partition coefficient (Wildman–Crippen LogP) is 3.02. The van der Waals surface area contributed by atoms with Crippen LogP contribution in [0.2, 0.25) is 0 Å². The Kier molecular flexibility index (Phi) is 9.78. The molecule has 0 spiro atoms. The van der Waals surface area contributed by atoms with Gasteiger partial charge in [0, 0.05) is 6.54 Å². The number of alkyl carbamates (subject to hydrolysis) is 1. The van der Waals surface area contributed by atoms with E-state index >= 15 is 0 Å². The van der Waals surface area contributed by atoms with Gasteiger partial charge in [0.1, 0.15) is 17.7 Å². The fourth-order valence-corrected chi connectivity index (χ4v) is 2.72. The molecule has 2 amide bonds.